The van der Waals surface area contributed by atoms with Crippen LogP contribution < -0.4 is 10.1 Å². The van der Waals surface area contributed by atoms with Gasteiger partial charge in [-0.05, 0) is 37.8 Å². The average Bonchev–Trinajstić information content (AvgIpc) is 2.88. The van der Waals surface area contributed by atoms with Gasteiger partial charge >= 0.3 is 0 Å². The first-order valence-electron chi connectivity index (χ1n) is 6.88. The molecule has 0 unspecified atom stereocenters. The third kappa shape index (κ3) is 4.12. The Morgan fingerprint density at radius 2 is 2.09 bits per heavy atom. The Labute approximate surface area is 144 Å². The maximum Gasteiger partial charge on any atom is 0.264 e. The topological polar surface area (TPSA) is 51.2 Å². The number of halogens is 2. The Kier molecular flexibility index (Phi) is 6.06. The molecule has 1 aliphatic carbocycles. The van der Waals surface area contributed by atoms with E-state index < -0.39 is 0 Å². The highest BCUT2D eigenvalue weighted by atomic mass is 35.5. The van der Waals surface area contributed by atoms with Crippen LogP contribution in [0.15, 0.2) is 24.3 Å². The Hall–Kier alpha value is -1.30. The summed E-state index contributed by atoms with van der Waals surface area (Å²) in [6.45, 7) is -0.0754. The number of nitrogens with zero attached hydrogens (tertiary/aromatic N) is 1. The molecule has 4 nitrogen and oxygen atoms in total. The smallest absolute Gasteiger partial charge is 0.264 e. The molecule has 1 N–H and O–H groups in total. The van der Waals surface area contributed by atoms with Crippen molar-refractivity contribution in [2.75, 3.05) is 11.9 Å². The van der Waals surface area contributed by atoms with Gasteiger partial charge in [-0.1, -0.05) is 23.7 Å². The number of amides is 1. The van der Waals surface area contributed by atoms with Crippen molar-refractivity contribution < 1.29 is 9.53 Å². The maximum absolute atomic E-state index is 11.9. The van der Waals surface area contributed by atoms with E-state index in [0.717, 1.165) is 18.5 Å². The lowest BCUT2D eigenvalue weighted by atomic mass is 10.0. The van der Waals surface area contributed by atoms with E-state index in [1.807, 2.05) is 12.1 Å². The number of carbonyl (C=O) groups excluding carboxylic acids is 1. The SMILES string of the molecule is Cl.O=C(COc1ccccc1Cl)Nc1nc2c(s1)CCCC2. The molecule has 0 radical (unpaired) electrons. The lowest BCUT2D eigenvalue weighted by molar-refractivity contribution is -0.118. The number of hydrogen-bond acceptors (Lipinski definition) is 4. The van der Waals surface area contributed by atoms with Gasteiger partial charge in [0.05, 0.1) is 10.7 Å². The number of rotatable bonds is 4. The lowest BCUT2D eigenvalue weighted by Gasteiger charge is -2.07. The van der Waals surface area contributed by atoms with Gasteiger partial charge in [0, 0.05) is 4.88 Å². The third-order valence-electron chi connectivity index (χ3n) is 3.29. The van der Waals surface area contributed by atoms with E-state index in [0.29, 0.717) is 15.9 Å². The summed E-state index contributed by atoms with van der Waals surface area (Å²) in [5.41, 5.74) is 1.13. The third-order valence-corrected chi connectivity index (χ3v) is 4.67. The first-order valence-corrected chi connectivity index (χ1v) is 8.07. The van der Waals surface area contributed by atoms with Gasteiger partial charge in [0.15, 0.2) is 11.7 Å². The molecular weight excluding hydrogens is 343 g/mol. The van der Waals surface area contributed by atoms with E-state index in [9.17, 15) is 4.79 Å². The van der Waals surface area contributed by atoms with Crippen LogP contribution in [0.3, 0.4) is 0 Å². The van der Waals surface area contributed by atoms with Crippen molar-refractivity contribution in [2.45, 2.75) is 25.7 Å². The van der Waals surface area contributed by atoms with Crippen molar-refractivity contribution in [1.82, 2.24) is 4.98 Å². The molecule has 118 valence electrons. The first kappa shape index (κ1) is 17.1. The number of carbonyl (C=O) groups is 1. The number of aryl methyl sites for hydroxylation is 2. The predicted octanol–water partition coefficient (Wildman–Crippen LogP) is 4.11. The van der Waals surface area contributed by atoms with Crippen molar-refractivity contribution in [3.05, 3.63) is 39.9 Å². The first-order chi connectivity index (χ1) is 10.2. The number of benzene rings is 1. The summed E-state index contributed by atoms with van der Waals surface area (Å²) in [5.74, 6) is 0.286. The summed E-state index contributed by atoms with van der Waals surface area (Å²) in [6.07, 6.45) is 4.47. The van der Waals surface area contributed by atoms with E-state index >= 15 is 0 Å². The molecule has 0 atom stereocenters. The van der Waals surface area contributed by atoms with Crippen LogP contribution >= 0.6 is 35.3 Å². The van der Waals surface area contributed by atoms with E-state index in [2.05, 4.69) is 10.3 Å². The number of nitrogens with one attached hydrogen (secondary N) is 1. The Bertz CT molecular complexity index is 637. The fourth-order valence-corrected chi connectivity index (χ4v) is 3.52. The molecule has 1 heterocycles. The lowest BCUT2D eigenvalue weighted by Crippen LogP contribution is -2.20. The monoisotopic (exact) mass is 358 g/mol. The standard InChI is InChI=1S/C15H15ClN2O2S.ClH/c16-10-5-1-3-7-12(10)20-9-14(19)18-15-17-11-6-2-4-8-13(11)21-15;/h1,3,5,7H,2,4,6,8-9H2,(H,17,18,19);1H. The van der Waals surface area contributed by atoms with Gasteiger partial charge in [0.2, 0.25) is 0 Å². The summed E-state index contributed by atoms with van der Waals surface area (Å²) >= 11 is 7.53. The van der Waals surface area contributed by atoms with Crippen molar-refractivity contribution in [2.24, 2.45) is 0 Å². The van der Waals surface area contributed by atoms with Gasteiger partial charge in [-0.25, -0.2) is 4.98 Å². The van der Waals surface area contributed by atoms with Crippen molar-refractivity contribution in [3.8, 4) is 5.75 Å². The molecule has 0 bridgehead atoms. The minimum Gasteiger partial charge on any atom is -0.482 e. The van der Waals surface area contributed by atoms with Crippen molar-refractivity contribution >= 4 is 46.4 Å². The predicted molar refractivity (Wildman–Crippen MR) is 91.6 cm³/mol. The molecule has 1 aliphatic rings. The number of ether oxygens (including phenoxy) is 1. The van der Waals surface area contributed by atoms with Crippen LogP contribution in [0.2, 0.25) is 5.02 Å². The summed E-state index contributed by atoms with van der Waals surface area (Å²) in [5, 5.41) is 3.95. The fourth-order valence-electron chi connectivity index (χ4n) is 2.27. The number of aromatic nitrogens is 1. The zero-order valence-corrected chi connectivity index (χ0v) is 14.2. The van der Waals surface area contributed by atoms with E-state index in [-0.39, 0.29) is 24.9 Å². The van der Waals surface area contributed by atoms with Crippen LogP contribution in [-0.2, 0) is 17.6 Å². The Morgan fingerprint density at radius 3 is 2.86 bits per heavy atom. The normalized spacial score (nSPS) is 13.0. The van der Waals surface area contributed by atoms with Gasteiger partial charge in [0.25, 0.3) is 5.91 Å². The van der Waals surface area contributed by atoms with Crippen LogP contribution in [-0.4, -0.2) is 17.5 Å². The summed E-state index contributed by atoms with van der Waals surface area (Å²) in [4.78, 5) is 17.7. The molecule has 1 aromatic carbocycles. The molecule has 7 heteroatoms. The number of fused-ring (bicyclic) bond motifs is 1. The van der Waals surface area contributed by atoms with Crippen LogP contribution in [0.1, 0.15) is 23.4 Å². The minimum absolute atomic E-state index is 0. The quantitative estimate of drug-likeness (QED) is 0.894. The molecule has 0 fully saturated rings. The summed E-state index contributed by atoms with van der Waals surface area (Å²) in [7, 11) is 0. The van der Waals surface area contributed by atoms with Crippen molar-refractivity contribution in [1.29, 1.82) is 0 Å². The van der Waals surface area contributed by atoms with Crippen LogP contribution in [0.4, 0.5) is 5.13 Å². The molecule has 22 heavy (non-hydrogen) atoms. The van der Waals surface area contributed by atoms with E-state index in [1.165, 1.54) is 17.7 Å². The second-order valence-electron chi connectivity index (χ2n) is 4.86. The van der Waals surface area contributed by atoms with E-state index in [4.69, 9.17) is 16.3 Å². The van der Waals surface area contributed by atoms with Crippen molar-refractivity contribution in [3.63, 3.8) is 0 Å². The number of thiazole rings is 1. The fraction of sp³-hybridized carbons (Fsp3) is 0.333. The molecular formula is C15H16Cl2N2O2S. The van der Waals surface area contributed by atoms with Gasteiger partial charge in [0.1, 0.15) is 5.75 Å². The zero-order valence-electron chi connectivity index (χ0n) is 11.8. The zero-order chi connectivity index (χ0) is 14.7. The van der Waals surface area contributed by atoms with Gasteiger partial charge < -0.3 is 4.74 Å². The molecule has 1 aromatic heterocycles. The highest BCUT2D eigenvalue weighted by Crippen LogP contribution is 2.29. The molecule has 0 saturated carbocycles. The number of anilines is 1. The highest BCUT2D eigenvalue weighted by Gasteiger charge is 2.16. The second kappa shape index (κ2) is 7.81. The summed E-state index contributed by atoms with van der Waals surface area (Å²) in [6, 6.07) is 7.09. The molecule has 3 rings (SSSR count). The molecule has 0 aliphatic heterocycles. The molecule has 0 saturated heterocycles. The van der Waals surface area contributed by atoms with Crippen LogP contribution in [0, 0.1) is 0 Å². The largest absolute Gasteiger partial charge is 0.482 e. The summed E-state index contributed by atoms with van der Waals surface area (Å²) < 4.78 is 5.41. The Morgan fingerprint density at radius 1 is 1.32 bits per heavy atom. The second-order valence-corrected chi connectivity index (χ2v) is 6.35. The van der Waals surface area contributed by atoms with Gasteiger partial charge in [-0.15, -0.1) is 23.7 Å². The van der Waals surface area contributed by atoms with Crippen LogP contribution in [0.5, 0.6) is 5.75 Å². The molecule has 0 spiro atoms. The van der Waals surface area contributed by atoms with Gasteiger partial charge in [-0.2, -0.15) is 0 Å². The number of para-hydroxylation sites is 1. The minimum atomic E-state index is -0.221. The molecule has 1 amide bonds. The Balaban J connectivity index is 0.00000176. The average molecular weight is 359 g/mol. The highest BCUT2D eigenvalue weighted by molar-refractivity contribution is 7.15. The van der Waals surface area contributed by atoms with Gasteiger partial charge in [-0.3, -0.25) is 10.1 Å². The number of hydrogen-bond donors (Lipinski definition) is 1. The molecule has 2 aromatic rings. The maximum atomic E-state index is 11.9. The van der Waals surface area contributed by atoms with Crippen LogP contribution in [0.25, 0.3) is 0 Å². The van der Waals surface area contributed by atoms with E-state index in [1.54, 1.807) is 23.5 Å².